The summed E-state index contributed by atoms with van der Waals surface area (Å²) in [5.41, 5.74) is 5.17. The summed E-state index contributed by atoms with van der Waals surface area (Å²) in [4.78, 5) is 5.61. The van der Waals surface area contributed by atoms with Gasteiger partial charge in [0.25, 0.3) is 0 Å². The van der Waals surface area contributed by atoms with Crippen LogP contribution in [0.3, 0.4) is 0 Å². The standard InChI is InChI=1S/C11H13F3N6/c1-19(2)10(15)16-5-9-18-17-8-4-3-7(6-20(8)9)11(12,13)14/h3-4,6H,5H2,1-2H3,(H2,15,16). The fourth-order valence-electron chi connectivity index (χ4n) is 1.51. The molecule has 108 valence electrons. The van der Waals surface area contributed by atoms with E-state index in [2.05, 4.69) is 15.2 Å². The van der Waals surface area contributed by atoms with E-state index in [0.29, 0.717) is 5.65 Å². The van der Waals surface area contributed by atoms with Crippen molar-refractivity contribution in [2.45, 2.75) is 12.7 Å². The van der Waals surface area contributed by atoms with Crippen LogP contribution in [0.5, 0.6) is 0 Å². The van der Waals surface area contributed by atoms with Crippen LogP contribution in [0.25, 0.3) is 5.65 Å². The molecule has 9 heteroatoms. The Labute approximate surface area is 112 Å². The molecule has 0 aliphatic carbocycles. The minimum atomic E-state index is -4.42. The first-order chi connectivity index (χ1) is 9.29. The van der Waals surface area contributed by atoms with Gasteiger partial charge in [-0.25, -0.2) is 4.99 Å². The first kappa shape index (κ1) is 14.1. The number of aromatic nitrogens is 3. The average Bonchev–Trinajstić information content (AvgIpc) is 2.77. The van der Waals surface area contributed by atoms with Crippen molar-refractivity contribution in [1.82, 2.24) is 19.5 Å². The molecule has 0 radical (unpaired) electrons. The van der Waals surface area contributed by atoms with E-state index >= 15 is 0 Å². The van der Waals surface area contributed by atoms with E-state index in [4.69, 9.17) is 5.73 Å². The highest BCUT2D eigenvalue weighted by Gasteiger charge is 2.31. The van der Waals surface area contributed by atoms with Crippen LogP contribution >= 0.6 is 0 Å². The predicted molar refractivity (Wildman–Crippen MR) is 67.0 cm³/mol. The molecular weight excluding hydrogens is 273 g/mol. The normalized spacial score (nSPS) is 12.9. The lowest BCUT2D eigenvalue weighted by atomic mass is 10.3. The Hall–Kier alpha value is -2.32. The number of nitrogens with zero attached hydrogens (tertiary/aromatic N) is 5. The molecule has 0 saturated heterocycles. The quantitative estimate of drug-likeness (QED) is 0.663. The molecule has 0 fully saturated rings. The summed E-state index contributed by atoms with van der Waals surface area (Å²) in [6.45, 7) is 0.0481. The molecule has 20 heavy (non-hydrogen) atoms. The van der Waals surface area contributed by atoms with Crippen molar-refractivity contribution in [3.63, 3.8) is 0 Å². The zero-order valence-electron chi connectivity index (χ0n) is 10.9. The number of aliphatic imine (C=N–C) groups is 1. The van der Waals surface area contributed by atoms with Gasteiger partial charge in [-0.15, -0.1) is 10.2 Å². The lowest BCUT2D eigenvalue weighted by Crippen LogP contribution is -2.30. The van der Waals surface area contributed by atoms with Gasteiger partial charge in [0.2, 0.25) is 0 Å². The molecule has 0 aliphatic rings. The molecule has 2 N–H and O–H groups in total. The fourth-order valence-corrected chi connectivity index (χ4v) is 1.51. The Morgan fingerprint density at radius 2 is 2.05 bits per heavy atom. The SMILES string of the molecule is CN(C)C(N)=NCc1nnc2ccc(C(F)(F)F)cn12. The molecule has 0 unspecified atom stereocenters. The molecule has 0 amide bonds. The van der Waals surface area contributed by atoms with Crippen molar-refractivity contribution in [2.75, 3.05) is 14.1 Å². The predicted octanol–water partition coefficient (Wildman–Crippen LogP) is 1.12. The van der Waals surface area contributed by atoms with Crippen molar-refractivity contribution in [2.24, 2.45) is 10.7 Å². The Balaban J connectivity index is 2.38. The van der Waals surface area contributed by atoms with Crippen LogP contribution in [0.15, 0.2) is 23.3 Å². The van der Waals surface area contributed by atoms with E-state index in [1.807, 2.05) is 0 Å². The van der Waals surface area contributed by atoms with Gasteiger partial charge in [0.05, 0.1) is 5.56 Å². The van der Waals surface area contributed by atoms with Gasteiger partial charge in [-0.3, -0.25) is 4.40 Å². The highest BCUT2D eigenvalue weighted by Crippen LogP contribution is 2.29. The third-order valence-corrected chi connectivity index (χ3v) is 2.64. The highest BCUT2D eigenvalue weighted by molar-refractivity contribution is 5.77. The van der Waals surface area contributed by atoms with Gasteiger partial charge in [0, 0.05) is 20.3 Å². The lowest BCUT2D eigenvalue weighted by Gasteiger charge is -2.10. The average molecular weight is 286 g/mol. The number of guanidine groups is 1. The Morgan fingerprint density at radius 1 is 1.35 bits per heavy atom. The molecule has 0 saturated carbocycles. The lowest BCUT2D eigenvalue weighted by molar-refractivity contribution is -0.137. The summed E-state index contributed by atoms with van der Waals surface area (Å²) in [5.74, 6) is 0.546. The van der Waals surface area contributed by atoms with E-state index in [1.165, 1.54) is 10.5 Å². The van der Waals surface area contributed by atoms with Crippen molar-refractivity contribution in [1.29, 1.82) is 0 Å². The number of rotatable bonds is 2. The zero-order valence-corrected chi connectivity index (χ0v) is 10.9. The molecule has 2 rings (SSSR count). The molecule has 2 heterocycles. The van der Waals surface area contributed by atoms with Crippen LogP contribution in [0.4, 0.5) is 13.2 Å². The van der Waals surface area contributed by atoms with Crippen LogP contribution in [-0.2, 0) is 12.7 Å². The van der Waals surface area contributed by atoms with Gasteiger partial charge in [0.1, 0.15) is 6.54 Å². The second-order valence-electron chi connectivity index (χ2n) is 4.33. The molecule has 0 atom stereocenters. The molecule has 2 aromatic heterocycles. The van der Waals surface area contributed by atoms with Crippen molar-refractivity contribution >= 4 is 11.6 Å². The molecule has 6 nitrogen and oxygen atoms in total. The third-order valence-electron chi connectivity index (χ3n) is 2.64. The number of fused-ring (bicyclic) bond motifs is 1. The van der Waals surface area contributed by atoms with Crippen molar-refractivity contribution in [3.8, 4) is 0 Å². The number of hydrogen-bond donors (Lipinski definition) is 1. The molecule has 0 bridgehead atoms. The number of pyridine rings is 1. The maximum atomic E-state index is 12.7. The molecular formula is C11H13F3N6. The number of halogens is 3. The summed E-state index contributed by atoms with van der Waals surface area (Å²) >= 11 is 0. The number of alkyl halides is 3. The Morgan fingerprint density at radius 3 is 2.65 bits per heavy atom. The minimum absolute atomic E-state index is 0.0481. The van der Waals surface area contributed by atoms with Crippen LogP contribution in [0, 0.1) is 0 Å². The van der Waals surface area contributed by atoms with E-state index in [1.54, 1.807) is 19.0 Å². The van der Waals surface area contributed by atoms with Crippen molar-refractivity contribution in [3.05, 3.63) is 29.7 Å². The van der Waals surface area contributed by atoms with E-state index in [9.17, 15) is 13.2 Å². The van der Waals surface area contributed by atoms with Crippen LogP contribution in [-0.4, -0.2) is 39.6 Å². The maximum absolute atomic E-state index is 12.7. The minimum Gasteiger partial charge on any atom is -0.370 e. The second-order valence-corrected chi connectivity index (χ2v) is 4.33. The van der Waals surface area contributed by atoms with Gasteiger partial charge in [0.15, 0.2) is 17.4 Å². The molecule has 0 aliphatic heterocycles. The van der Waals surface area contributed by atoms with Gasteiger partial charge in [-0.2, -0.15) is 13.2 Å². The largest absolute Gasteiger partial charge is 0.417 e. The highest BCUT2D eigenvalue weighted by atomic mass is 19.4. The zero-order chi connectivity index (χ0) is 14.9. The number of hydrogen-bond acceptors (Lipinski definition) is 3. The summed E-state index contributed by atoms with van der Waals surface area (Å²) in [7, 11) is 3.42. The first-order valence-electron chi connectivity index (χ1n) is 5.67. The second kappa shape index (κ2) is 4.99. The first-order valence-corrected chi connectivity index (χ1v) is 5.67. The Bertz CT molecular complexity index is 643. The summed E-state index contributed by atoms with van der Waals surface area (Å²) in [5, 5.41) is 7.60. The number of nitrogens with two attached hydrogens (primary N) is 1. The van der Waals surface area contributed by atoms with Gasteiger partial charge in [-0.1, -0.05) is 0 Å². The van der Waals surface area contributed by atoms with Crippen LogP contribution in [0.1, 0.15) is 11.4 Å². The molecule has 0 spiro atoms. The van der Waals surface area contributed by atoms with E-state index in [0.717, 1.165) is 12.3 Å². The molecule has 0 aromatic carbocycles. The van der Waals surface area contributed by atoms with Crippen LogP contribution in [0.2, 0.25) is 0 Å². The summed E-state index contributed by atoms with van der Waals surface area (Å²) in [6.07, 6.45) is -3.46. The Kier molecular flexibility index (Phi) is 3.51. The molecule has 2 aromatic rings. The summed E-state index contributed by atoms with van der Waals surface area (Å²) in [6, 6.07) is 2.23. The van der Waals surface area contributed by atoms with Gasteiger partial charge in [-0.05, 0) is 12.1 Å². The van der Waals surface area contributed by atoms with Crippen LogP contribution < -0.4 is 5.73 Å². The fraction of sp³-hybridized carbons (Fsp3) is 0.364. The monoisotopic (exact) mass is 286 g/mol. The third kappa shape index (κ3) is 2.81. The summed E-state index contributed by atoms with van der Waals surface area (Å²) < 4.78 is 39.3. The topological polar surface area (TPSA) is 71.8 Å². The van der Waals surface area contributed by atoms with Gasteiger partial charge < -0.3 is 10.6 Å². The van der Waals surface area contributed by atoms with E-state index < -0.39 is 11.7 Å². The van der Waals surface area contributed by atoms with Crippen molar-refractivity contribution < 1.29 is 13.2 Å². The maximum Gasteiger partial charge on any atom is 0.417 e. The van der Waals surface area contributed by atoms with Gasteiger partial charge >= 0.3 is 6.18 Å². The smallest absolute Gasteiger partial charge is 0.370 e. The van der Waals surface area contributed by atoms with E-state index in [-0.39, 0.29) is 18.3 Å².